The maximum atomic E-state index is 7.09. The van der Waals surface area contributed by atoms with E-state index in [1.54, 1.807) is 0 Å². The highest BCUT2D eigenvalue weighted by atomic mass is 35.5. The predicted octanol–water partition coefficient (Wildman–Crippen LogP) is 3.54. The number of hydrogen-bond acceptors (Lipinski definition) is 3. The van der Waals surface area contributed by atoms with Crippen molar-refractivity contribution in [2.24, 2.45) is 24.6 Å². The van der Waals surface area contributed by atoms with Gasteiger partial charge in [0.15, 0.2) is 0 Å². The lowest BCUT2D eigenvalue weighted by atomic mass is 9.71. The van der Waals surface area contributed by atoms with Crippen molar-refractivity contribution in [2.75, 3.05) is 0 Å². The third-order valence-electron chi connectivity index (χ3n) is 6.21. The van der Waals surface area contributed by atoms with Gasteiger partial charge in [-0.1, -0.05) is 67.9 Å². The number of halogens is 1. The lowest BCUT2D eigenvalue weighted by Gasteiger charge is -2.40. The number of imidazole rings is 1. The molecule has 5 heteroatoms. The number of nitrogens with zero attached hydrogens (tertiary/aromatic N) is 3. The van der Waals surface area contributed by atoms with Crippen LogP contribution in [0.15, 0.2) is 42.9 Å². The number of hydrogen-bond donors (Lipinski definition) is 1. The van der Waals surface area contributed by atoms with Crippen LogP contribution in [0.3, 0.4) is 0 Å². The van der Waals surface area contributed by atoms with Gasteiger partial charge in [0, 0.05) is 29.4 Å². The summed E-state index contributed by atoms with van der Waals surface area (Å²) in [6.45, 7) is 6.35. The molecule has 0 saturated carbocycles. The SMILES string of the molecule is Cc1nc2c(c(Cl)c1-c1ccccc1)=CC(C(N)(c1cncn1C)C(C)C)CC=2. The van der Waals surface area contributed by atoms with Gasteiger partial charge in [-0.05, 0) is 24.8 Å². The van der Waals surface area contributed by atoms with E-state index in [0.717, 1.165) is 44.5 Å². The molecule has 4 rings (SSSR count). The van der Waals surface area contributed by atoms with Crippen molar-refractivity contribution in [3.63, 3.8) is 0 Å². The minimum absolute atomic E-state index is 0.0935. The van der Waals surface area contributed by atoms with Gasteiger partial charge in [-0.3, -0.25) is 4.98 Å². The summed E-state index contributed by atoms with van der Waals surface area (Å²) in [4.78, 5) is 9.18. The zero-order chi connectivity index (χ0) is 20.8. The van der Waals surface area contributed by atoms with E-state index in [1.807, 2.05) is 49.3 Å². The van der Waals surface area contributed by atoms with Gasteiger partial charge in [0.05, 0.1) is 34.1 Å². The van der Waals surface area contributed by atoms with Crippen LogP contribution < -0.4 is 16.3 Å². The Kier molecular flexibility index (Phi) is 5.09. The summed E-state index contributed by atoms with van der Waals surface area (Å²) in [5, 5.41) is 2.67. The number of rotatable bonds is 4. The van der Waals surface area contributed by atoms with E-state index in [0.29, 0.717) is 0 Å². The second-order valence-corrected chi connectivity index (χ2v) is 8.62. The summed E-state index contributed by atoms with van der Waals surface area (Å²) < 4.78 is 2.02. The van der Waals surface area contributed by atoms with Crippen LogP contribution in [-0.4, -0.2) is 14.5 Å². The lowest BCUT2D eigenvalue weighted by molar-refractivity contribution is 0.236. The fraction of sp³-hybridized carbons (Fsp3) is 0.333. The Labute approximate surface area is 176 Å². The van der Waals surface area contributed by atoms with Crippen molar-refractivity contribution in [3.8, 4) is 11.1 Å². The molecule has 2 N–H and O–H groups in total. The van der Waals surface area contributed by atoms with Crippen molar-refractivity contribution < 1.29 is 0 Å². The molecule has 0 aliphatic heterocycles. The van der Waals surface area contributed by atoms with Crippen LogP contribution in [0.25, 0.3) is 23.3 Å². The highest BCUT2D eigenvalue weighted by Crippen LogP contribution is 2.38. The summed E-state index contributed by atoms with van der Waals surface area (Å²) in [5.41, 5.74) is 10.6. The Balaban J connectivity index is 1.92. The standard InChI is InChI=1S/C24H27ClN4/c1-15(2)24(26,21-13-27-14-29(21)4)18-10-11-20-19(12-18)23(25)22(16(3)28-20)17-8-6-5-7-9-17/h5-9,11-15,18H,10,26H2,1-4H3. The monoisotopic (exact) mass is 406 g/mol. The number of aryl methyl sites for hydroxylation is 2. The van der Waals surface area contributed by atoms with E-state index >= 15 is 0 Å². The Morgan fingerprint density at radius 1 is 1.24 bits per heavy atom. The minimum atomic E-state index is -0.555. The fourth-order valence-electron chi connectivity index (χ4n) is 4.49. The molecule has 0 fully saturated rings. The first-order chi connectivity index (χ1) is 13.8. The molecule has 1 aromatic carbocycles. The molecular formula is C24H27ClN4. The van der Waals surface area contributed by atoms with E-state index in [2.05, 4.69) is 43.1 Å². The predicted molar refractivity (Wildman–Crippen MR) is 120 cm³/mol. The van der Waals surface area contributed by atoms with Crippen LogP contribution in [0.4, 0.5) is 0 Å². The number of benzene rings is 1. The van der Waals surface area contributed by atoms with Crippen molar-refractivity contribution in [1.29, 1.82) is 0 Å². The number of nitrogens with two attached hydrogens (primary N) is 1. The van der Waals surface area contributed by atoms with Crippen molar-refractivity contribution >= 4 is 23.8 Å². The second-order valence-electron chi connectivity index (χ2n) is 8.24. The average Bonchev–Trinajstić information content (AvgIpc) is 3.14. The number of pyridine rings is 1. The molecule has 4 nitrogen and oxygen atoms in total. The van der Waals surface area contributed by atoms with Gasteiger partial charge in [0.25, 0.3) is 0 Å². The molecule has 2 atom stereocenters. The van der Waals surface area contributed by atoms with Gasteiger partial charge in [-0.15, -0.1) is 0 Å². The Morgan fingerprint density at radius 3 is 2.59 bits per heavy atom. The summed E-state index contributed by atoms with van der Waals surface area (Å²) >= 11 is 6.97. The number of aromatic nitrogens is 3. The van der Waals surface area contributed by atoms with Gasteiger partial charge in [0.2, 0.25) is 0 Å². The Morgan fingerprint density at radius 2 is 1.97 bits per heavy atom. The summed E-state index contributed by atoms with van der Waals surface area (Å²) in [7, 11) is 2.00. The van der Waals surface area contributed by atoms with Crippen LogP contribution in [0.5, 0.6) is 0 Å². The molecule has 0 saturated heterocycles. The molecule has 29 heavy (non-hydrogen) atoms. The second kappa shape index (κ2) is 7.43. The van der Waals surface area contributed by atoms with Crippen LogP contribution in [0, 0.1) is 18.8 Å². The van der Waals surface area contributed by atoms with Gasteiger partial charge < -0.3 is 10.3 Å². The Hall–Kier alpha value is -2.43. The first-order valence-electron chi connectivity index (χ1n) is 10.0. The first-order valence-corrected chi connectivity index (χ1v) is 10.4. The van der Waals surface area contributed by atoms with Crippen molar-refractivity contribution in [3.05, 3.63) is 69.8 Å². The van der Waals surface area contributed by atoms with Crippen LogP contribution in [0.2, 0.25) is 5.02 Å². The molecular weight excluding hydrogens is 380 g/mol. The van der Waals surface area contributed by atoms with Crippen LogP contribution in [-0.2, 0) is 12.6 Å². The molecule has 1 aliphatic rings. The summed E-state index contributed by atoms with van der Waals surface area (Å²) in [6.07, 6.45) is 8.91. The first kappa shape index (κ1) is 19.9. The molecule has 2 unspecified atom stereocenters. The molecule has 1 aliphatic carbocycles. The van der Waals surface area contributed by atoms with E-state index < -0.39 is 5.54 Å². The van der Waals surface area contributed by atoms with E-state index in [-0.39, 0.29) is 11.8 Å². The average molecular weight is 407 g/mol. The third-order valence-corrected chi connectivity index (χ3v) is 6.60. The third kappa shape index (κ3) is 3.21. The molecule has 3 aromatic rings. The van der Waals surface area contributed by atoms with Gasteiger partial charge in [0.1, 0.15) is 0 Å². The zero-order valence-electron chi connectivity index (χ0n) is 17.4. The van der Waals surface area contributed by atoms with E-state index in [9.17, 15) is 0 Å². The fourth-order valence-corrected chi connectivity index (χ4v) is 4.89. The van der Waals surface area contributed by atoms with Crippen LogP contribution in [0.1, 0.15) is 31.7 Å². The minimum Gasteiger partial charge on any atom is -0.336 e. The van der Waals surface area contributed by atoms with Crippen molar-refractivity contribution in [2.45, 2.75) is 32.7 Å². The molecule has 0 spiro atoms. The lowest BCUT2D eigenvalue weighted by Crippen LogP contribution is -2.51. The molecule has 0 bridgehead atoms. The molecule has 2 aromatic heterocycles. The smallest absolute Gasteiger partial charge is 0.0946 e. The summed E-state index contributed by atoms with van der Waals surface area (Å²) in [5.74, 6) is 0.316. The normalized spacial score (nSPS) is 18.0. The largest absolute Gasteiger partial charge is 0.336 e. The van der Waals surface area contributed by atoms with Gasteiger partial charge in [-0.2, -0.15) is 0 Å². The Bertz CT molecular complexity index is 1160. The van der Waals surface area contributed by atoms with Crippen molar-refractivity contribution in [1.82, 2.24) is 14.5 Å². The maximum Gasteiger partial charge on any atom is 0.0946 e. The van der Waals surface area contributed by atoms with Gasteiger partial charge in [-0.25, -0.2) is 4.98 Å². The topological polar surface area (TPSA) is 56.7 Å². The molecule has 2 heterocycles. The maximum absolute atomic E-state index is 7.09. The number of fused-ring (bicyclic) bond motifs is 1. The quantitative estimate of drug-likeness (QED) is 0.721. The zero-order valence-corrected chi connectivity index (χ0v) is 18.1. The van der Waals surface area contributed by atoms with E-state index in [1.165, 1.54) is 0 Å². The van der Waals surface area contributed by atoms with E-state index in [4.69, 9.17) is 22.3 Å². The molecule has 0 amide bonds. The molecule has 150 valence electrons. The summed E-state index contributed by atoms with van der Waals surface area (Å²) in [6, 6.07) is 10.2. The van der Waals surface area contributed by atoms with Gasteiger partial charge >= 0.3 is 0 Å². The highest BCUT2D eigenvalue weighted by Gasteiger charge is 2.40. The van der Waals surface area contributed by atoms with Crippen LogP contribution >= 0.6 is 11.6 Å². The highest BCUT2D eigenvalue weighted by molar-refractivity contribution is 6.33. The molecule has 0 radical (unpaired) electrons.